The van der Waals surface area contributed by atoms with Crippen molar-refractivity contribution in [2.45, 2.75) is 95.5 Å². The van der Waals surface area contributed by atoms with E-state index in [0.717, 1.165) is 74.2 Å². The average Bonchev–Trinajstić information content (AvgIpc) is 3.75. The van der Waals surface area contributed by atoms with Crippen molar-refractivity contribution in [3.05, 3.63) is 59.3 Å². The number of likely N-dealkylation sites (tertiary alicyclic amines) is 2. The number of amides is 2. The Morgan fingerprint density at radius 2 is 1.81 bits per heavy atom. The van der Waals surface area contributed by atoms with E-state index in [2.05, 4.69) is 35.8 Å². The van der Waals surface area contributed by atoms with Gasteiger partial charge in [0.1, 0.15) is 11.9 Å². The Labute approximate surface area is 280 Å². The van der Waals surface area contributed by atoms with Crippen LogP contribution in [0.5, 0.6) is 0 Å². The van der Waals surface area contributed by atoms with Crippen molar-refractivity contribution in [2.24, 2.45) is 17.6 Å². The number of aryl methyl sites for hydroxylation is 1. The van der Waals surface area contributed by atoms with Gasteiger partial charge in [-0.25, -0.2) is 8.91 Å². The number of halogens is 1. The number of nitrogens with two attached hydrogens (primary N) is 1. The van der Waals surface area contributed by atoms with Gasteiger partial charge in [-0.1, -0.05) is 24.6 Å². The Balaban J connectivity index is 1.10. The summed E-state index contributed by atoms with van der Waals surface area (Å²) in [5.41, 5.74) is 13.1. The molecule has 5 heterocycles. The third kappa shape index (κ3) is 5.91. The normalized spacial score (nSPS) is 25.7. The molecule has 254 valence electrons. The minimum Gasteiger partial charge on any atom is -0.393 e. The molecule has 1 aromatic carbocycles. The van der Waals surface area contributed by atoms with Crippen LogP contribution in [0.3, 0.4) is 0 Å². The van der Waals surface area contributed by atoms with E-state index in [1.807, 2.05) is 17.0 Å². The highest BCUT2D eigenvalue weighted by Crippen LogP contribution is 2.41. The third-order valence-electron chi connectivity index (χ3n) is 11.4. The zero-order valence-electron chi connectivity index (χ0n) is 27.9. The van der Waals surface area contributed by atoms with Crippen molar-refractivity contribution >= 4 is 28.2 Å². The fraction of sp³-hybridized carbons (Fsp3) is 0.553. The van der Waals surface area contributed by atoms with Gasteiger partial charge in [-0.05, 0) is 93.9 Å². The van der Waals surface area contributed by atoms with E-state index in [1.165, 1.54) is 34.2 Å². The van der Waals surface area contributed by atoms with E-state index in [0.29, 0.717) is 30.4 Å². The molecular weight excluding hydrogens is 607 g/mol. The summed E-state index contributed by atoms with van der Waals surface area (Å²) in [6.07, 6.45) is 8.14. The van der Waals surface area contributed by atoms with Gasteiger partial charge in [0, 0.05) is 55.3 Å². The van der Waals surface area contributed by atoms with Gasteiger partial charge in [-0.2, -0.15) is 5.10 Å². The molecule has 0 unspecified atom stereocenters. The first-order valence-electron chi connectivity index (χ1n) is 18.0. The molecule has 4 fully saturated rings. The second-order valence-electron chi connectivity index (χ2n) is 15.0. The maximum atomic E-state index is 14.2. The number of fused-ring (bicyclic) bond motifs is 2. The number of alkyl halides is 1. The number of hydrogen-bond acceptors (Lipinski definition) is 5. The minimum atomic E-state index is -1.11. The van der Waals surface area contributed by atoms with E-state index in [9.17, 15) is 19.1 Å². The van der Waals surface area contributed by atoms with Crippen LogP contribution in [0.15, 0.2) is 42.6 Å². The molecule has 2 saturated heterocycles. The lowest BCUT2D eigenvalue weighted by Crippen LogP contribution is -2.50. The average molecular weight is 655 g/mol. The van der Waals surface area contributed by atoms with Crippen molar-refractivity contribution in [3.8, 4) is 11.4 Å². The Hall–Kier alpha value is -3.76. The van der Waals surface area contributed by atoms with Crippen LogP contribution in [0, 0.1) is 18.8 Å². The monoisotopic (exact) mass is 654 g/mol. The van der Waals surface area contributed by atoms with E-state index in [-0.39, 0.29) is 42.8 Å². The fourth-order valence-electron chi connectivity index (χ4n) is 8.65. The Bertz CT molecular complexity index is 1840. The summed E-state index contributed by atoms with van der Waals surface area (Å²) in [5, 5.41) is 16.4. The smallest absolute Gasteiger partial charge is 0.255 e. The van der Waals surface area contributed by atoms with Gasteiger partial charge in [-0.3, -0.25) is 9.59 Å². The summed E-state index contributed by atoms with van der Waals surface area (Å²) < 4.78 is 18.5. The van der Waals surface area contributed by atoms with Gasteiger partial charge in [0.25, 0.3) is 5.91 Å². The van der Waals surface area contributed by atoms with Gasteiger partial charge in [0.15, 0.2) is 0 Å². The van der Waals surface area contributed by atoms with E-state index >= 15 is 0 Å². The summed E-state index contributed by atoms with van der Waals surface area (Å²) in [4.78, 5) is 30.3. The standard InChI is InChI=1S/C38H47FN6O3/c1-23-33-11-10-28(38(48)43-21-29(39)18-30(40)22-43)20-45(33)41-35(23)34-17-26-4-3-7-32(36(26)44(34)19-24-8-9-24)25-12-14-42(15-13-25)37(47)27-5-2-6-31(46)16-27/h3-4,7,10-11,17,20,24-25,27,29-31,46H,2,5-6,8-9,12-16,18-19,21-22,40H2,1H3/t27-,29+,30+,31+/m0/s1. The van der Waals surface area contributed by atoms with Crippen LogP contribution < -0.4 is 5.73 Å². The molecule has 48 heavy (non-hydrogen) atoms. The highest BCUT2D eigenvalue weighted by atomic mass is 19.1. The molecule has 4 aliphatic rings. The van der Waals surface area contributed by atoms with Crippen LogP contribution in [0.4, 0.5) is 4.39 Å². The maximum absolute atomic E-state index is 14.2. The molecule has 2 aliphatic heterocycles. The number of carbonyl (C=O) groups is 2. The number of aromatic nitrogens is 3. The first-order valence-corrected chi connectivity index (χ1v) is 18.0. The topological polar surface area (TPSA) is 109 Å². The molecule has 2 amide bonds. The number of benzene rings is 1. The van der Waals surface area contributed by atoms with Crippen molar-refractivity contribution in [2.75, 3.05) is 26.2 Å². The number of aliphatic hydroxyl groups is 1. The first-order chi connectivity index (χ1) is 23.2. The van der Waals surface area contributed by atoms with Gasteiger partial charge < -0.3 is 25.2 Å². The van der Waals surface area contributed by atoms with Crippen LogP contribution in [0.1, 0.15) is 85.2 Å². The number of piperidine rings is 2. The van der Waals surface area contributed by atoms with Crippen LogP contribution >= 0.6 is 0 Å². The molecule has 0 radical (unpaired) electrons. The van der Waals surface area contributed by atoms with Gasteiger partial charge in [-0.15, -0.1) is 0 Å². The zero-order chi connectivity index (χ0) is 33.1. The number of nitrogens with zero attached hydrogens (tertiary/aromatic N) is 5. The molecule has 3 N–H and O–H groups in total. The van der Waals surface area contributed by atoms with Crippen LogP contribution in [-0.4, -0.2) is 85.4 Å². The molecule has 2 aliphatic carbocycles. The molecule has 4 aromatic rings. The summed E-state index contributed by atoms with van der Waals surface area (Å²) in [6.45, 7) is 4.96. The minimum absolute atomic E-state index is 0.0412. The second-order valence-corrected chi connectivity index (χ2v) is 15.0. The molecule has 9 nitrogen and oxygen atoms in total. The van der Waals surface area contributed by atoms with Crippen LogP contribution in [0.25, 0.3) is 27.8 Å². The number of para-hydroxylation sites is 1. The number of carbonyl (C=O) groups excluding carboxylic acids is 2. The Morgan fingerprint density at radius 1 is 1.00 bits per heavy atom. The predicted molar refractivity (Wildman–Crippen MR) is 183 cm³/mol. The van der Waals surface area contributed by atoms with E-state index < -0.39 is 6.17 Å². The molecule has 2 saturated carbocycles. The maximum Gasteiger partial charge on any atom is 0.255 e. The number of hydrogen-bond donors (Lipinski definition) is 2. The Morgan fingerprint density at radius 3 is 2.56 bits per heavy atom. The molecule has 10 heteroatoms. The van der Waals surface area contributed by atoms with Crippen molar-refractivity contribution in [1.82, 2.24) is 24.0 Å². The quantitative estimate of drug-likeness (QED) is 0.288. The van der Waals surface area contributed by atoms with Crippen molar-refractivity contribution in [1.29, 1.82) is 0 Å². The van der Waals surface area contributed by atoms with Crippen molar-refractivity contribution in [3.63, 3.8) is 0 Å². The summed E-state index contributed by atoms with van der Waals surface area (Å²) >= 11 is 0. The number of rotatable bonds is 6. The lowest BCUT2D eigenvalue weighted by molar-refractivity contribution is -0.139. The highest BCUT2D eigenvalue weighted by molar-refractivity contribution is 5.95. The largest absolute Gasteiger partial charge is 0.393 e. The summed E-state index contributed by atoms with van der Waals surface area (Å²) in [6, 6.07) is 12.3. The third-order valence-corrected chi connectivity index (χ3v) is 11.4. The SMILES string of the molecule is Cc1c(-c2cc3cccc(C4CCN(C(=O)[C@H]5CCC[C@@H](O)C5)CC4)c3n2CC2CC2)nn2cc(C(=O)N3C[C@H](N)C[C@@H](F)C3)ccc12. The number of pyridine rings is 1. The molecular formula is C38H47FN6O3. The number of aliphatic hydroxyl groups excluding tert-OH is 1. The van der Waals surface area contributed by atoms with E-state index in [4.69, 9.17) is 10.8 Å². The first kappa shape index (κ1) is 31.5. The fourth-order valence-corrected chi connectivity index (χ4v) is 8.65. The molecule has 8 rings (SSSR count). The van der Waals surface area contributed by atoms with Gasteiger partial charge in [0.2, 0.25) is 5.91 Å². The summed E-state index contributed by atoms with van der Waals surface area (Å²) in [5.74, 6) is 0.969. The second kappa shape index (κ2) is 12.6. The zero-order valence-corrected chi connectivity index (χ0v) is 27.9. The van der Waals surface area contributed by atoms with Crippen LogP contribution in [0.2, 0.25) is 0 Å². The van der Waals surface area contributed by atoms with Crippen molar-refractivity contribution < 1.29 is 19.1 Å². The van der Waals surface area contributed by atoms with E-state index in [1.54, 1.807) is 10.7 Å². The molecule has 3 aromatic heterocycles. The molecule has 4 atom stereocenters. The summed E-state index contributed by atoms with van der Waals surface area (Å²) in [7, 11) is 0. The molecule has 0 bridgehead atoms. The van der Waals surface area contributed by atoms with Gasteiger partial charge >= 0.3 is 0 Å². The predicted octanol–water partition coefficient (Wildman–Crippen LogP) is 5.44. The lowest BCUT2D eigenvalue weighted by Gasteiger charge is -2.36. The highest BCUT2D eigenvalue weighted by Gasteiger charge is 2.34. The van der Waals surface area contributed by atoms with Crippen LogP contribution in [-0.2, 0) is 11.3 Å². The molecule has 0 spiro atoms. The Kier molecular flexibility index (Phi) is 8.27. The van der Waals surface area contributed by atoms with Gasteiger partial charge in [0.05, 0.1) is 34.9 Å². The lowest BCUT2D eigenvalue weighted by atomic mass is 9.84.